The normalized spacial score (nSPS) is 19.2. The van der Waals surface area contributed by atoms with E-state index in [1.807, 2.05) is 18.2 Å². The summed E-state index contributed by atoms with van der Waals surface area (Å²) in [5.74, 6) is 3.82. The molecule has 5 rings (SSSR count). The Morgan fingerprint density at radius 2 is 1.94 bits per heavy atom. The Bertz CT molecular complexity index is 952. The molecule has 8 heteroatoms. The molecule has 1 aromatic heterocycles. The lowest BCUT2D eigenvalue weighted by Crippen LogP contribution is -2.33. The van der Waals surface area contributed by atoms with Crippen molar-refractivity contribution >= 4 is 17.7 Å². The second-order valence-electron chi connectivity index (χ2n) is 9.05. The average molecular weight is 443 g/mol. The Labute approximate surface area is 187 Å². The molecule has 31 heavy (non-hydrogen) atoms. The van der Waals surface area contributed by atoms with E-state index in [2.05, 4.69) is 33.9 Å². The average Bonchev–Trinajstić information content (AvgIpc) is 3.67. The minimum atomic E-state index is -0.0893. The van der Waals surface area contributed by atoms with Crippen LogP contribution in [-0.2, 0) is 4.79 Å². The number of nitrogens with zero attached hydrogens (tertiary/aromatic N) is 3. The van der Waals surface area contributed by atoms with Crippen molar-refractivity contribution in [3.8, 4) is 11.5 Å². The van der Waals surface area contributed by atoms with E-state index < -0.39 is 0 Å². The molecule has 0 radical (unpaired) electrons. The Hall–Kier alpha value is -2.22. The van der Waals surface area contributed by atoms with Crippen LogP contribution in [0, 0.1) is 5.92 Å². The van der Waals surface area contributed by atoms with Gasteiger partial charge in [0.2, 0.25) is 5.91 Å². The summed E-state index contributed by atoms with van der Waals surface area (Å²) < 4.78 is 13.9. The number of fused-ring (bicyclic) bond motifs is 1. The summed E-state index contributed by atoms with van der Waals surface area (Å²) in [5, 5.41) is 12.9. The number of thioether (sulfide) groups is 1. The molecule has 2 aliphatic carbocycles. The molecule has 7 nitrogen and oxygen atoms in total. The Kier molecular flexibility index (Phi) is 5.82. The third-order valence-electron chi connectivity index (χ3n) is 5.99. The molecular weight excluding hydrogens is 412 g/mol. The molecule has 2 heterocycles. The summed E-state index contributed by atoms with van der Waals surface area (Å²) in [6.45, 7) is 5.55. The third-order valence-corrected chi connectivity index (χ3v) is 6.93. The van der Waals surface area contributed by atoms with Crippen LogP contribution in [0.15, 0.2) is 23.4 Å². The van der Waals surface area contributed by atoms with Gasteiger partial charge in [-0.25, -0.2) is 0 Å². The lowest BCUT2D eigenvalue weighted by atomic mass is 9.95. The van der Waals surface area contributed by atoms with Gasteiger partial charge in [0.1, 0.15) is 5.82 Å². The summed E-state index contributed by atoms with van der Waals surface area (Å²) in [6, 6.07) is 6.42. The first-order valence-electron chi connectivity index (χ1n) is 11.4. The first kappa shape index (κ1) is 20.7. The number of rotatable bonds is 8. The van der Waals surface area contributed by atoms with Crippen molar-refractivity contribution in [2.24, 2.45) is 5.92 Å². The smallest absolute Gasteiger partial charge is 0.230 e. The zero-order valence-electron chi connectivity index (χ0n) is 18.2. The van der Waals surface area contributed by atoms with Crippen LogP contribution in [0.3, 0.4) is 0 Å². The topological polar surface area (TPSA) is 78.3 Å². The summed E-state index contributed by atoms with van der Waals surface area (Å²) in [7, 11) is 0. The van der Waals surface area contributed by atoms with E-state index in [4.69, 9.17) is 9.47 Å². The first-order valence-corrected chi connectivity index (χ1v) is 12.3. The maximum Gasteiger partial charge on any atom is 0.230 e. The highest BCUT2D eigenvalue weighted by atomic mass is 32.2. The number of hydrogen-bond acceptors (Lipinski definition) is 6. The van der Waals surface area contributed by atoms with Crippen molar-refractivity contribution in [1.29, 1.82) is 0 Å². The lowest BCUT2D eigenvalue weighted by Gasteiger charge is -2.24. The minimum Gasteiger partial charge on any atom is -0.490 e. The predicted molar refractivity (Wildman–Crippen MR) is 119 cm³/mol. The van der Waals surface area contributed by atoms with Gasteiger partial charge in [0.15, 0.2) is 16.7 Å². The van der Waals surface area contributed by atoms with E-state index >= 15 is 0 Å². The number of carbonyl (C=O) groups excluding carboxylic acids is 1. The summed E-state index contributed by atoms with van der Waals surface area (Å²) in [6.07, 6.45) is 5.68. The molecule has 1 N–H and O–H groups in total. The quantitative estimate of drug-likeness (QED) is 0.616. The van der Waals surface area contributed by atoms with Gasteiger partial charge < -0.3 is 19.4 Å². The Morgan fingerprint density at radius 1 is 1.16 bits per heavy atom. The molecule has 2 fully saturated rings. The van der Waals surface area contributed by atoms with E-state index in [1.165, 1.54) is 37.4 Å². The number of amides is 1. The van der Waals surface area contributed by atoms with Crippen LogP contribution < -0.4 is 14.8 Å². The van der Waals surface area contributed by atoms with E-state index in [0.717, 1.165) is 34.5 Å². The van der Waals surface area contributed by atoms with Crippen LogP contribution in [-0.4, -0.2) is 39.6 Å². The molecule has 1 aromatic carbocycles. The van der Waals surface area contributed by atoms with Gasteiger partial charge in [-0.1, -0.05) is 31.7 Å². The molecule has 0 bridgehead atoms. The van der Waals surface area contributed by atoms with Crippen LogP contribution in [0.2, 0.25) is 0 Å². The number of nitrogens with one attached hydrogen (secondary N) is 1. The molecular formula is C23H30N4O3S. The van der Waals surface area contributed by atoms with E-state index in [0.29, 0.717) is 30.9 Å². The van der Waals surface area contributed by atoms with Gasteiger partial charge in [-0.2, -0.15) is 0 Å². The molecule has 3 aliphatic rings. The van der Waals surface area contributed by atoms with Gasteiger partial charge in [-0.3, -0.25) is 4.79 Å². The number of ether oxygens (including phenoxy) is 2. The predicted octanol–water partition coefficient (Wildman–Crippen LogP) is 4.26. The second-order valence-corrected chi connectivity index (χ2v) is 9.99. The van der Waals surface area contributed by atoms with Gasteiger partial charge in [0.25, 0.3) is 0 Å². The largest absolute Gasteiger partial charge is 0.490 e. The van der Waals surface area contributed by atoms with Crippen molar-refractivity contribution in [1.82, 2.24) is 20.1 Å². The van der Waals surface area contributed by atoms with Gasteiger partial charge >= 0.3 is 0 Å². The molecule has 1 aliphatic heterocycles. The number of benzene rings is 1. The fourth-order valence-electron chi connectivity index (χ4n) is 4.04. The highest BCUT2D eigenvalue weighted by Crippen LogP contribution is 2.46. The third kappa shape index (κ3) is 4.68. The summed E-state index contributed by atoms with van der Waals surface area (Å²) in [5.41, 5.74) is 1.04. The summed E-state index contributed by atoms with van der Waals surface area (Å²) >= 11 is 1.50. The molecule has 0 spiro atoms. The summed E-state index contributed by atoms with van der Waals surface area (Å²) in [4.78, 5) is 12.9. The van der Waals surface area contributed by atoms with Crippen LogP contribution >= 0.6 is 11.8 Å². The minimum absolute atomic E-state index is 0.00845. The van der Waals surface area contributed by atoms with Crippen LogP contribution in [0.1, 0.15) is 75.3 Å². The Morgan fingerprint density at radius 3 is 2.65 bits per heavy atom. The molecule has 0 saturated heterocycles. The highest BCUT2D eigenvalue weighted by molar-refractivity contribution is 7.99. The van der Waals surface area contributed by atoms with Gasteiger partial charge in [0, 0.05) is 18.4 Å². The van der Waals surface area contributed by atoms with Crippen LogP contribution in [0.4, 0.5) is 0 Å². The van der Waals surface area contributed by atoms with Crippen LogP contribution in [0.5, 0.6) is 11.5 Å². The fourth-order valence-corrected chi connectivity index (χ4v) is 4.86. The number of hydrogen-bond donors (Lipinski definition) is 1. The van der Waals surface area contributed by atoms with Crippen molar-refractivity contribution in [2.45, 2.75) is 69.1 Å². The van der Waals surface area contributed by atoms with E-state index in [1.54, 1.807) is 0 Å². The number of aromatic nitrogens is 3. The van der Waals surface area contributed by atoms with Crippen molar-refractivity contribution in [3.63, 3.8) is 0 Å². The van der Waals surface area contributed by atoms with Crippen molar-refractivity contribution in [2.75, 3.05) is 19.0 Å². The Balaban J connectivity index is 1.25. The zero-order valence-corrected chi connectivity index (χ0v) is 19.0. The maximum atomic E-state index is 12.9. The lowest BCUT2D eigenvalue weighted by molar-refractivity contribution is -0.119. The zero-order chi connectivity index (χ0) is 21.4. The second kappa shape index (κ2) is 8.73. The molecule has 2 aromatic rings. The van der Waals surface area contributed by atoms with Gasteiger partial charge in [0.05, 0.1) is 25.0 Å². The van der Waals surface area contributed by atoms with Crippen molar-refractivity contribution < 1.29 is 14.3 Å². The highest BCUT2D eigenvalue weighted by Gasteiger charge is 2.36. The first-order chi connectivity index (χ1) is 15.1. The van der Waals surface area contributed by atoms with Gasteiger partial charge in [-0.15, -0.1) is 10.2 Å². The molecule has 0 unspecified atom stereocenters. The molecule has 2 saturated carbocycles. The SMILES string of the molecule is CC(C)[C@@H](NC(=O)CSc1nnc(C2CC2)n1C1CC1)c1ccc2c(c1)OCCCO2. The molecule has 1 atom stereocenters. The fraction of sp³-hybridized carbons (Fsp3) is 0.609. The maximum absolute atomic E-state index is 12.9. The number of carbonyl (C=O) groups is 1. The molecule has 166 valence electrons. The monoisotopic (exact) mass is 442 g/mol. The molecule has 1 amide bonds. The van der Waals surface area contributed by atoms with Crippen LogP contribution in [0.25, 0.3) is 0 Å². The van der Waals surface area contributed by atoms with E-state index in [9.17, 15) is 4.79 Å². The van der Waals surface area contributed by atoms with Gasteiger partial charge in [-0.05, 0) is 49.3 Å². The standard InChI is InChI=1S/C23H30N4O3S/c1-14(2)21(16-6-9-18-19(12-16)30-11-3-10-29-18)24-20(28)13-31-23-26-25-22(15-4-5-15)27(23)17-7-8-17/h6,9,12,14-15,17,21H,3-5,7-8,10-11,13H2,1-2H3,(H,24,28)/t21-/m1/s1. The van der Waals surface area contributed by atoms with Crippen molar-refractivity contribution in [3.05, 3.63) is 29.6 Å². The van der Waals surface area contributed by atoms with E-state index in [-0.39, 0.29) is 17.9 Å².